The van der Waals surface area contributed by atoms with Crippen molar-refractivity contribution in [3.8, 4) is 0 Å². The van der Waals surface area contributed by atoms with E-state index in [0.717, 1.165) is 6.42 Å². The summed E-state index contributed by atoms with van der Waals surface area (Å²) in [7, 11) is 0. The maximum atomic E-state index is 11.4. The number of carbonyl (C=O) groups is 2. The topological polar surface area (TPSA) is 58.2 Å². The van der Waals surface area contributed by atoms with E-state index in [2.05, 4.69) is 10.6 Å². The highest BCUT2D eigenvalue weighted by Gasteiger charge is 2.39. The molecule has 15 heavy (non-hydrogen) atoms. The summed E-state index contributed by atoms with van der Waals surface area (Å²) in [6.07, 6.45) is 0.951. The van der Waals surface area contributed by atoms with Gasteiger partial charge >= 0.3 is 0 Å². The van der Waals surface area contributed by atoms with Crippen LogP contribution in [0.5, 0.6) is 0 Å². The molecule has 0 aliphatic heterocycles. The van der Waals surface area contributed by atoms with Crippen LogP contribution in [0.25, 0.3) is 0 Å². The van der Waals surface area contributed by atoms with Gasteiger partial charge in [0.1, 0.15) is 0 Å². The van der Waals surface area contributed by atoms with Gasteiger partial charge in [-0.15, -0.1) is 0 Å². The van der Waals surface area contributed by atoms with Gasteiger partial charge in [0.05, 0.1) is 6.54 Å². The highest BCUT2D eigenvalue weighted by molar-refractivity contribution is 5.87. The first-order valence-electron chi connectivity index (χ1n) is 5.38. The Bertz CT molecular complexity index is 268. The largest absolute Gasteiger partial charge is 0.350 e. The molecule has 1 fully saturated rings. The molecule has 2 atom stereocenters. The summed E-state index contributed by atoms with van der Waals surface area (Å²) in [6.45, 7) is 7.86. The monoisotopic (exact) mass is 212 g/mol. The summed E-state index contributed by atoms with van der Waals surface area (Å²) in [5, 5.41) is 5.44. The first-order valence-corrected chi connectivity index (χ1v) is 5.38. The summed E-state index contributed by atoms with van der Waals surface area (Å²) < 4.78 is 0. The molecule has 4 heteroatoms. The zero-order valence-corrected chi connectivity index (χ0v) is 9.89. The molecule has 0 radical (unpaired) electrons. The molecule has 4 nitrogen and oxygen atoms in total. The predicted octanol–water partition coefficient (Wildman–Crippen LogP) is 0.673. The molecule has 86 valence electrons. The van der Waals surface area contributed by atoms with Crippen molar-refractivity contribution in [2.75, 3.05) is 6.54 Å². The Morgan fingerprint density at radius 3 is 2.27 bits per heavy atom. The molecule has 0 aromatic rings. The summed E-state index contributed by atoms with van der Waals surface area (Å²) in [5.74, 6) is 0.485. The molecule has 2 amide bonds. The van der Waals surface area contributed by atoms with Crippen LogP contribution in [0.1, 0.15) is 34.1 Å². The van der Waals surface area contributed by atoms with E-state index in [1.807, 2.05) is 27.7 Å². The van der Waals surface area contributed by atoms with Crippen molar-refractivity contribution in [1.82, 2.24) is 10.6 Å². The minimum absolute atomic E-state index is 0.00607. The Balaban J connectivity index is 2.20. The maximum Gasteiger partial charge on any atom is 0.239 e. The number of amides is 2. The predicted molar refractivity (Wildman–Crippen MR) is 58.2 cm³/mol. The molecular weight excluding hydrogens is 192 g/mol. The van der Waals surface area contributed by atoms with Crippen LogP contribution in [0, 0.1) is 11.8 Å². The van der Waals surface area contributed by atoms with Crippen molar-refractivity contribution in [3.63, 3.8) is 0 Å². The fourth-order valence-corrected chi connectivity index (χ4v) is 1.45. The normalized spacial score (nSPS) is 24.5. The van der Waals surface area contributed by atoms with Gasteiger partial charge < -0.3 is 10.6 Å². The molecule has 0 saturated heterocycles. The van der Waals surface area contributed by atoms with Gasteiger partial charge in [-0.25, -0.2) is 0 Å². The van der Waals surface area contributed by atoms with Crippen LogP contribution in [0.2, 0.25) is 0 Å². The molecule has 0 aromatic heterocycles. The Labute approximate surface area is 90.8 Å². The lowest BCUT2D eigenvalue weighted by Gasteiger charge is -2.20. The number of hydrogen-bond acceptors (Lipinski definition) is 2. The van der Waals surface area contributed by atoms with E-state index >= 15 is 0 Å². The quantitative estimate of drug-likeness (QED) is 0.722. The zero-order chi connectivity index (χ0) is 11.6. The number of hydrogen-bond donors (Lipinski definition) is 2. The first kappa shape index (κ1) is 12.0. The van der Waals surface area contributed by atoms with E-state index in [1.54, 1.807) is 0 Å². The van der Waals surface area contributed by atoms with Crippen LogP contribution in [0.3, 0.4) is 0 Å². The van der Waals surface area contributed by atoms with Crippen molar-refractivity contribution in [2.24, 2.45) is 11.8 Å². The Hall–Kier alpha value is -1.06. The second-order valence-corrected chi connectivity index (χ2v) is 5.34. The molecule has 1 aliphatic carbocycles. The fourth-order valence-electron chi connectivity index (χ4n) is 1.45. The van der Waals surface area contributed by atoms with Gasteiger partial charge in [-0.1, -0.05) is 6.92 Å². The fraction of sp³-hybridized carbons (Fsp3) is 0.818. The van der Waals surface area contributed by atoms with Crippen molar-refractivity contribution >= 4 is 11.8 Å². The van der Waals surface area contributed by atoms with Crippen molar-refractivity contribution in [3.05, 3.63) is 0 Å². The van der Waals surface area contributed by atoms with Crippen molar-refractivity contribution < 1.29 is 9.59 Å². The van der Waals surface area contributed by atoms with Gasteiger partial charge in [0.25, 0.3) is 0 Å². The van der Waals surface area contributed by atoms with Crippen LogP contribution in [0.15, 0.2) is 0 Å². The van der Waals surface area contributed by atoms with Gasteiger partial charge in [-0.05, 0) is 33.1 Å². The Kier molecular flexibility index (Phi) is 3.37. The molecular formula is C11H20N2O2. The molecule has 0 bridgehead atoms. The minimum atomic E-state index is -0.241. The third kappa shape index (κ3) is 4.32. The van der Waals surface area contributed by atoms with Gasteiger partial charge in [0.15, 0.2) is 0 Å². The second kappa shape index (κ2) is 4.21. The third-order valence-electron chi connectivity index (χ3n) is 2.38. The molecule has 1 aliphatic rings. The summed E-state index contributed by atoms with van der Waals surface area (Å²) in [5.41, 5.74) is -0.241. The molecule has 0 unspecified atom stereocenters. The minimum Gasteiger partial charge on any atom is -0.350 e. The standard InChI is InChI=1S/C11H20N2O2/c1-7-5-8(7)10(15)12-6-9(14)13-11(2,3)4/h7-8H,5-6H2,1-4H3,(H,12,15)(H,13,14)/t7-,8-/m1/s1. The van der Waals surface area contributed by atoms with Crippen molar-refractivity contribution in [1.29, 1.82) is 0 Å². The van der Waals surface area contributed by atoms with Crippen LogP contribution in [0.4, 0.5) is 0 Å². The van der Waals surface area contributed by atoms with E-state index in [1.165, 1.54) is 0 Å². The number of rotatable bonds is 3. The molecule has 1 rings (SSSR count). The molecule has 2 N–H and O–H groups in total. The molecule has 0 aromatic carbocycles. The van der Waals surface area contributed by atoms with Crippen LogP contribution in [-0.2, 0) is 9.59 Å². The summed E-state index contributed by atoms with van der Waals surface area (Å²) in [4.78, 5) is 22.8. The number of carbonyl (C=O) groups excluding carboxylic acids is 2. The highest BCUT2D eigenvalue weighted by Crippen LogP contribution is 2.37. The molecule has 0 spiro atoms. The zero-order valence-electron chi connectivity index (χ0n) is 9.89. The maximum absolute atomic E-state index is 11.4. The molecule has 1 saturated carbocycles. The van der Waals surface area contributed by atoms with Gasteiger partial charge in [0, 0.05) is 11.5 Å². The van der Waals surface area contributed by atoms with Crippen molar-refractivity contribution in [2.45, 2.75) is 39.7 Å². The number of nitrogens with one attached hydrogen (secondary N) is 2. The van der Waals surface area contributed by atoms with E-state index in [-0.39, 0.29) is 29.8 Å². The van der Waals surface area contributed by atoms with Crippen LogP contribution >= 0.6 is 0 Å². The second-order valence-electron chi connectivity index (χ2n) is 5.34. The summed E-state index contributed by atoms with van der Waals surface area (Å²) >= 11 is 0. The van der Waals surface area contributed by atoms with E-state index in [9.17, 15) is 9.59 Å². The lowest BCUT2D eigenvalue weighted by Crippen LogP contribution is -2.46. The Morgan fingerprint density at radius 2 is 1.87 bits per heavy atom. The van der Waals surface area contributed by atoms with E-state index in [4.69, 9.17) is 0 Å². The SMILES string of the molecule is C[C@@H]1C[C@H]1C(=O)NCC(=O)NC(C)(C)C. The van der Waals surface area contributed by atoms with Gasteiger partial charge in [0.2, 0.25) is 11.8 Å². The third-order valence-corrected chi connectivity index (χ3v) is 2.38. The summed E-state index contributed by atoms with van der Waals surface area (Å²) in [6, 6.07) is 0. The lowest BCUT2D eigenvalue weighted by atomic mass is 10.1. The van der Waals surface area contributed by atoms with Gasteiger partial charge in [-0.3, -0.25) is 9.59 Å². The highest BCUT2D eigenvalue weighted by atomic mass is 16.2. The lowest BCUT2D eigenvalue weighted by molar-refractivity contribution is -0.127. The first-order chi connectivity index (χ1) is 6.79. The van der Waals surface area contributed by atoms with Gasteiger partial charge in [-0.2, -0.15) is 0 Å². The Morgan fingerprint density at radius 1 is 1.33 bits per heavy atom. The average molecular weight is 212 g/mol. The van der Waals surface area contributed by atoms with E-state index < -0.39 is 0 Å². The average Bonchev–Trinajstić information content (AvgIpc) is 2.75. The smallest absolute Gasteiger partial charge is 0.239 e. The van der Waals surface area contributed by atoms with Crippen LogP contribution < -0.4 is 10.6 Å². The molecule has 0 heterocycles. The van der Waals surface area contributed by atoms with E-state index in [0.29, 0.717) is 5.92 Å². The van der Waals surface area contributed by atoms with Crippen LogP contribution in [-0.4, -0.2) is 23.9 Å².